The summed E-state index contributed by atoms with van der Waals surface area (Å²) in [4.78, 5) is 25.6. The number of hydrogen-bond donors (Lipinski definition) is 2. The number of carboxylic acids is 2. The van der Waals surface area contributed by atoms with E-state index in [1.54, 1.807) is 12.1 Å². The Morgan fingerprint density at radius 1 is 1.44 bits per heavy atom. The highest BCUT2D eigenvalue weighted by Crippen LogP contribution is 2.26. The van der Waals surface area contributed by atoms with Crippen molar-refractivity contribution in [2.45, 2.75) is 12.5 Å². The van der Waals surface area contributed by atoms with E-state index in [0.717, 1.165) is 4.68 Å². The van der Waals surface area contributed by atoms with Crippen molar-refractivity contribution in [3.8, 4) is 0 Å². The van der Waals surface area contributed by atoms with Crippen LogP contribution in [0.4, 0.5) is 0 Å². The quantitative estimate of drug-likeness (QED) is 0.863. The second-order valence-corrected chi connectivity index (χ2v) is 3.92. The highest BCUT2D eigenvalue weighted by molar-refractivity contribution is 6.34. The maximum absolute atomic E-state index is 11.1. The van der Waals surface area contributed by atoms with E-state index < -0.39 is 24.4 Å². The third-order valence-electron chi connectivity index (χ3n) is 2.36. The van der Waals surface area contributed by atoms with Crippen LogP contribution in [0.5, 0.6) is 0 Å². The number of carbonyl (C=O) groups is 2. The molecule has 2 heterocycles. The molecule has 0 aliphatic carbocycles. The molecule has 7 nitrogen and oxygen atoms in total. The first-order valence-corrected chi connectivity index (χ1v) is 5.32. The van der Waals surface area contributed by atoms with Gasteiger partial charge in [0.15, 0.2) is 11.7 Å². The summed E-state index contributed by atoms with van der Waals surface area (Å²) in [5.41, 5.74) is 0.277. The van der Waals surface area contributed by atoms with Gasteiger partial charge in [-0.05, 0) is 12.1 Å². The topological polar surface area (TPSA) is 105 Å². The van der Waals surface area contributed by atoms with Gasteiger partial charge >= 0.3 is 11.9 Å². The van der Waals surface area contributed by atoms with Crippen molar-refractivity contribution in [2.75, 3.05) is 0 Å². The molecule has 0 aliphatic heterocycles. The number of aromatic nitrogens is 3. The molecule has 2 rings (SSSR count). The molecule has 0 amide bonds. The van der Waals surface area contributed by atoms with Gasteiger partial charge < -0.3 is 10.2 Å². The third kappa shape index (κ3) is 2.12. The molecule has 94 valence electrons. The summed E-state index contributed by atoms with van der Waals surface area (Å²) in [6.45, 7) is 0. The normalized spacial score (nSPS) is 12.5. The minimum Gasteiger partial charge on any atom is -0.481 e. The Hall–Kier alpha value is -2.15. The molecular weight excluding hydrogens is 262 g/mol. The largest absolute Gasteiger partial charge is 0.481 e. The second kappa shape index (κ2) is 4.61. The van der Waals surface area contributed by atoms with Crippen LogP contribution in [0.15, 0.2) is 18.3 Å². The predicted molar refractivity (Wildman–Crippen MR) is 61.5 cm³/mol. The summed E-state index contributed by atoms with van der Waals surface area (Å²) < 4.78 is 0.968. The standard InChI is InChI=1S/C10H8ClN3O4/c11-8-5-2-1-3-12-9(5)13-14(8)6(10(17)18)4-7(15)16/h1-3,6H,4H2,(H,15,16)(H,17,18). The van der Waals surface area contributed by atoms with Gasteiger partial charge in [-0.15, -0.1) is 0 Å². The number of hydrogen-bond acceptors (Lipinski definition) is 4. The first-order chi connectivity index (χ1) is 8.50. The minimum absolute atomic E-state index is 0.0618. The van der Waals surface area contributed by atoms with E-state index in [4.69, 9.17) is 21.8 Å². The van der Waals surface area contributed by atoms with E-state index in [1.165, 1.54) is 6.20 Å². The molecule has 1 unspecified atom stereocenters. The van der Waals surface area contributed by atoms with Gasteiger partial charge in [-0.1, -0.05) is 11.6 Å². The van der Waals surface area contributed by atoms with Crippen molar-refractivity contribution in [3.05, 3.63) is 23.5 Å². The fourth-order valence-electron chi connectivity index (χ4n) is 1.56. The van der Waals surface area contributed by atoms with E-state index in [1.807, 2.05) is 0 Å². The molecule has 0 saturated carbocycles. The zero-order valence-corrected chi connectivity index (χ0v) is 9.70. The van der Waals surface area contributed by atoms with E-state index >= 15 is 0 Å². The molecule has 18 heavy (non-hydrogen) atoms. The molecular formula is C10H8ClN3O4. The summed E-state index contributed by atoms with van der Waals surface area (Å²) in [5, 5.41) is 22.2. The van der Waals surface area contributed by atoms with Crippen LogP contribution in [0.1, 0.15) is 12.5 Å². The molecule has 0 bridgehead atoms. The van der Waals surface area contributed by atoms with E-state index in [9.17, 15) is 9.59 Å². The van der Waals surface area contributed by atoms with Crippen LogP contribution < -0.4 is 0 Å². The average Bonchev–Trinajstić information content (AvgIpc) is 2.64. The van der Waals surface area contributed by atoms with Gasteiger partial charge in [-0.2, -0.15) is 5.10 Å². The summed E-state index contributed by atoms with van der Waals surface area (Å²) in [5.74, 6) is -2.56. The van der Waals surface area contributed by atoms with Gasteiger partial charge in [-0.3, -0.25) is 4.79 Å². The molecule has 8 heteroatoms. The summed E-state index contributed by atoms with van der Waals surface area (Å²) >= 11 is 5.98. The lowest BCUT2D eigenvalue weighted by Crippen LogP contribution is -2.23. The Kier molecular flexibility index (Phi) is 3.15. The Balaban J connectivity index is 2.53. The van der Waals surface area contributed by atoms with Crippen molar-refractivity contribution in [3.63, 3.8) is 0 Å². The van der Waals surface area contributed by atoms with Gasteiger partial charge in [0.25, 0.3) is 0 Å². The Bertz CT molecular complexity index is 625. The summed E-state index contributed by atoms with van der Waals surface area (Å²) in [7, 11) is 0. The van der Waals surface area contributed by atoms with Crippen LogP contribution in [-0.4, -0.2) is 36.9 Å². The molecule has 0 radical (unpaired) electrons. The predicted octanol–water partition coefficient (Wildman–Crippen LogP) is 1.19. The number of nitrogens with zero attached hydrogens (tertiary/aromatic N) is 3. The van der Waals surface area contributed by atoms with Gasteiger partial charge in [-0.25, -0.2) is 14.5 Å². The highest BCUT2D eigenvalue weighted by atomic mass is 35.5. The van der Waals surface area contributed by atoms with E-state index in [-0.39, 0.29) is 10.8 Å². The summed E-state index contributed by atoms with van der Waals surface area (Å²) in [6, 6.07) is 1.91. The Labute approximate surface area is 106 Å². The maximum atomic E-state index is 11.1. The lowest BCUT2D eigenvalue weighted by molar-refractivity contribution is -0.147. The molecule has 0 aliphatic rings. The minimum atomic E-state index is -1.36. The number of fused-ring (bicyclic) bond motifs is 1. The van der Waals surface area contributed by atoms with E-state index in [0.29, 0.717) is 5.39 Å². The fourth-order valence-corrected chi connectivity index (χ4v) is 1.86. The lowest BCUT2D eigenvalue weighted by Gasteiger charge is -2.10. The molecule has 2 aromatic rings. The Morgan fingerprint density at radius 3 is 2.72 bits per heavy atom. The number of aliphatic carboxylic acids is 2. The van der Waals surface area contributed by atoms with Gasteiger partial charge in [0.1, 0.15) is 5.15 Å². The van der Waals surface area contributed by atoms with Crippen LogP contribution in [0.25, 0.3) is 11.0 Å². The first-order valence-electron chi connectivity index (χ1n) is 4.94. The van der Waals surface area contributed by atoms with Crippen LogP contribution in [-0.2, 0) is 9.59 Å². The second-order valence-electron chi connectivity index (χ2n) is 3.56. The van der Waals surface area contributed by atoms with Crippen molar-refractivity contribution in [1.29, 1.82) is 0 Å². The van der Waals surface area contributed by atoms with Crippen LogP contribution in [0, 0.1) is 0 Å². The zero-order chi connectivity index (χ0) is 13.3. The van der Waals surface area contributed by atoms with Gasteiger partial charge in [0.2, 0.25) is 0 Å². The number of halogens is 1. The average molecular weight is 270 g/mol. The van der Waals surface area contributed by atoms with E-state index in [2.05, 4.69) is 10.1 Å². The molecule has 1 atom stereocenters. The molecule has 2 aromatic heterocycles. The zero-order valence-electron chi connectivity index (χ0n) is 8.95. The number of carboxylic acid groups (broad SMARTS) is 2. The maximum Gasteiger partial charge on any atom is 0.329 e. The molecule has 0 spiro atoms. The first kappa shape index (κ1) is 12.3. The molecule has 0 fully saturated rings. The van der Waals surface area contributed by atoms with Crippen molar-refractivity contribution in [2.24, 2.45) is 0 Å². The SMILES string of the molecule is O=C(O)CC(C(=O)O)n1nc2ncccc2c1Cl. The molecule has 0 aromatic carbocycles. The molecule has 2 N–H and O–H groups in total. The number of rotatable bonds is 4. The van der Waals surface area contributed by atoms with Crippen molar-refractivity contribution >= 4 is 34.6 Å². The smallest absolute Gasteiger partial charge is 0.329 e. The van der Waals surface area contributed by atoms with Crippen LogP contribution in [0.3, 0.4) is 0 Å². The molecule has 0 saturated heterocycles. The Morgan fingerprint density at radius 2 is 2.17 bits per heavy atom. The van der Waals surface area contributed by atoms with Crippen molar-refractivity contribution < 1.29 is 19.8 Å². The number of pyridine rings is 1. The van der Waals surface area contributed by atoms with Gasteiger partial charge in [0.05, 0.1) is 11.8 Å². The fraction of sp³-hybridized carbons (Fsp3) is 0.200. The van der Waals surface area contributed by atoms with Crippen LogP contribution >= 0.6 is 11.6 Å². The lowest BCUT2D eigenvalue weighted by atomic mass is 10.2. The monoisotopic (exact) mass is 269 g/mol. The third-order valence-corrected chi connectivity index (χ3v) is 2.74. The van der Waals surface area contributed by atoms with Crippen LogP contribution in [0.2, 0.25) is 5.15 Å². The summed E-state index contributed by atoms with van der Waals surface area (Å²) in [6.07, 6.45) is 0.881. The van der Waals surface area contributed by atoms with Crippen molar-refractivity contribution in [1.82, 2.24) is 14.8 Å². The van der Waals surface area contributed by atoms with Gasteiger partial charge in [0, 0.05) is 6.20 Å². The highest BCUT2D eigenvalue weighted by Gasteiger charge is 2.27.